The Balaban J connectivity index is 0.000000241. The second-order valence-corrected chi connectivity index (χ2v) is 3.10. The predicted molar refractivity (Wildman–Crippen MR) is 73.0 cm³/mol. The summed E-state index contributed by atoms with van der Waals surface area (Å²) in [7, 11) is 0. The highest BCUT2D eigenvalue weighted by Crippen LogP contribution is 1.80. The average Bonchev–Trinajstić information content (AvgIpc) is 2.44. The van der Waals surface area contributed by atoms with Crippen molar-refractivity contribution in [2.75, 3.05) is 6.61 Å². The molecule has 0 saturated heterocycles. The monoisotopic (exact) mass is 245 g/mol. The predicted octanol–water partition coefficient (Wildman–Crippen LogP) is 3.34. The number of ether oxygens (including phenoxy) is 1. The van der Waals surface area contributed by atoms with Gasteiger partial charge in [0.2, 0.25) is 0 Å². The number of hydrogen-bond donors (Lipinski definition) is 0. The van der Waals surface area contributed by atoms with Gasteiger partial charge in [0.05, 0.1) is 6.61 Å². The lowest BCUT2D eigenvalue weighted by atomic mass is 10.4. The fourth-order valence-electron chi connectivity index (χ4n) is 0.901. The van der Waals surface area contributed by atoms with Gasteiger partial charge in [0.25, 0.3) is 0 Å². The number of hydrogen-bond acceptors (Lipinski definition) is 3. The van der Waals surface area contributed by atoms with Gasteiger partial charge in [-0.1, -0.05) is 42.5 Å². The quantitative estimate of drug-likeness (QED) is 0.723. The van der Waals surface area contributed by atoms with Crippen LogP contribution in [-0.2, 0) is 9.53 Å². The van der Waals surface area contributed by atoms with Crippen molar-refractivity contribution in [1.82, 2.24) is 4.98 Å². The number of carbonyl (C=O) groups is 1. The molecule has 3 nitrogen and oxygen atoms in total. The lowest BCUT2D eigenvalue weighted by Crippen LogP contribution is -1.95. The van der Waals surface area contributed by atoms with Crippen molar-refractivity contribution in [3.05, 3.63) is 67.0 Å². The SMILES string of the molecule is CCOC(C)=O.c1ccccc1.c1ccncc1. The Morgan fingerprint density at radius 3 is 1.39 bits per heavy atom. The van der Waals surface area contributed by atoms with Crippen molar-refractivity contribution in [3.8, 4) is 0 Å². The van der Waals surface area contributed by atoms with E-state index >= 15 is 0 Å². The summed E-state index contributed by atoms with van der Waals surface area (Å²) in [6, 6.07) is 17.7. The molecule has 1 aromatic carbocycles. The first-order valence-corrected chi connectivity index (χ1v) is 5.75. The lowest BCUT2D eigenvalue weighted by Gasteiger charge is -1.89. The maximum absolute atomic E-state index is 9.82. The topological polar surface area (TPSA) is 39.2 Å². The van der Waals surface area contributed by atoms with E-state index in [9.17, 15) is 4.79 Å². The van der Waals surface area contributed by atoms with Gasteiger partial charge in [0.15, 0.2) is 0 Å². The van der Waals surface area contributed by atoms with Crippen LogP contribution < -0.4 is 0 Å². The number of aromatic nitrogens is 1. The van der Waals surface area contributed by atoms with Crippen molar-refractivity contribution < 1.29 is 9.53 Å². The van der Waals surface area contributed by atoms with Crippen LogP contribution in [0.25, 0.3) is 0 Å². The minimum absolute atomic E-state index is 0.211. The Morgan fingerprint density at radius 1 is 0.889 bits per heavy atom. The standard InChI is InChI=1S/C6H6.C5H5N.C4H8O2/c2*1-2-4-6-5-3-1;1-3-6-4(2)5/h1-6H;1-5H;3H2,1-2H3. The summed E-state index contributed by atoms with van der Waals surface area (Å²) in [5, 5.41) is 0. The molecule has 0 amide bonds. The summed E-state index contributed by atoms with van der Waals surface area (Å²) in [4.78, 5) is 13.6. The highest BCUT2D eigenvalue weighted by molar-refractivity contribution is 5.65. The van der Waals surface area contributed by atoms with Gasteiger partial charge >= 0.3 is 5.97 Å². The number of pyridine rings is 1. The fraction of sp³-hybridized carbons (Fsp3) is 0.200. The van der Waals surface area contributed by atoms with E-state index in [4.69, 9.17) is 0 Å². The maximum Gasteiger partial charge on any atom is 0.302 e. The minimum atomic E-state index is -0.211. The summed E-state index contributed by atoms with van der Waals surface area (Å²) in [5.41, 5.74) is 0. The number of esters is 1. The van der Waals surface area contributed by atoms with E-state index in [-0.39, 0.29) is 5.97 Å². The van der Waals surface area contributed by atoms with Crippen LogP contribution in [0.2, 0.25) is 0 Å². The van der Waals surface area contributed by atoms with Gasteiger partial charge in [-0.25, -0.2) is 0 Å². The molecule has 0 radical (unpaired) electrons. The van der Waals surface area contributed by atoms with Gasteiger partial charge in [0, 0.05) is 19.3 Å². The Labute approximate surface area is 108 Å². The second kappa shape index (κ2) is 12.9. The minimum Gasteiger partial charge on any atom is -0.466 e. The van der Waals surface area contributed by atoms with Crippen LogP contribution in [0.4, 0.5) is 0 Å². The molecule has 2 aromatic rings. The van der Waals surface area contributed by atoms with Crippen LogP contribution in [-0.4, -0.2) is 17.6 Å². The molecule has 96 valence electrons. The Hall–Kier alpha value is -2.16. The third-order valence-electron chi connectivity index (χ3n) is 1.58. The molecule has 0 aliphatic carbocycles. The van der Waals surface area contributed by atoms with Crippen LogP contribution in [0, 0.1) is 0 Å². The van der Waals surface area contributed by atoms with E-state index in [1.807, 2.05) is 54.6 Å². The Bertz CT molecular complexity index is 291. The van der Waals surface area contributed by atoms with E-state index in [2.05, 4.69) is 9.72 Å². The maximum atomic E-state index is 9.82. The van der Waals surface area contributed by atoms with Gasteiger partial charge in [-0.05, 0) is 19.1 Å². The summed E-state index contributed by atoms with van der Waals surface area (Å²) < 4.78 is 4.40. The molecule has 0 aliphatic rings. The summed E-state index contributed by atoms with van der Waals surface area (Å²) in [6.45, 7) is 3.65. The van der Waals surface area contributed by atoms with Crippen molar-refractivity contribution in [3.63, 3.8) is 0 Å². The zero-order valence-electron chi connectivity index (χ0n) is 10.8. The molecule has 2 rings (SSSR count). The average molecular weight is 245 g/mol. The molecule has 1 heterocycles. The van der Waals surface area contributed by atoms with Gasteiger partial charge in [-0.2, -0.15) is 0 Å². The molecule has 0 fully saturated rings. The summed E-state index contributed by atoms with van der Waals surface area (Å²) in [6.07, 6.45) is 3.50. The number of rotatable bonds is 1. The molecule has 0 N–H and O–H groups in total. The van der Waals surface area contributed by atoms with Gasteiger partial charge in [-0.3, -0.25) is 9.78 Å². The second-order valence-electron chi connectivity index (χ2n) is 3.10. The van der Waals surface area contributed by atoms with Crippen molar-refractivity contribution in [2.24, 2.45) is 0 Å². The lowest BCUT2D eigenvalue weighted by molar-refractivity contribution is -0.140. The molecule has 0 saturated carbocycles. The van der Waals surface area contributed by atoms with Crippen LogP contribution >= 0.6 is 0 Å². The molecule has 0 unspecified atom stereocenters. The van der Waals surface area contributed by atoms with Crippen molar-refractivity contribution >= 4 is 5.97 Å². The molecular formula is C15H19NO2. The van der Waals surface area contributed by atoms with E-state index in [0.29, 0.717) is 6.61 Å². The van der Waals surface area contributed by atoms with Gasteiger partial charge in [0.1, 0.15) is 0 Å². The highest BCUT2D eigenvalue weighted by Gasteiger charge is 1.81. The summed E-state index contributed by atoms with van der Waals surface area (Å²) in [5.74, 6) is -0.211. The largest absolute Gasteiger partial charge is 0.466 e. The number of benzene rings is 1. The summed E-state index contributed by atoms with van der Waals surface area (Å²) >= 11 is 0. The van der Waals surface area contributed by atoms with E-state index in [0.717, 1.165) is 0 Å². The first-order valence-electron chi connectivity index (χ1n) is 5.75. The zero-order valence-corrected chi connectivity index (χ0v) is 10.8. The normalized spacial score (nSPS) is 7.89. The molecule has 18 heavy (non-hydrogen) atoms. The van der Waals surface area contributed by atoms with E-state index < -0.39 is 0 Å². The van der Waals surface area contributed by atoms with Crippen LogP contribution in [0.3, 0.4) is 0 Å². The first-order chi connectivity index (χ1) is 8.77. The van der Waals surface area contributed by atoms with E-state index in [1.165, 1.54) is 6.92 Å². The smallest absolute Gasteiger partial charge is 0.302 e. The van der Waals surface area contributed by atoms with Crippen LogP contribution in [0.1, 0.15) is 13.8 Å². The molecule has 0 bridgehead atoms. The molecule has 1 aromatic heterocycles. The Kier molecular flexibility index (Phi) is 11.4. The van der Waals surface area contributed by atoms with E-state index in [1.54, 1.807) is 19.3 Å². The van der Waals surface area contributed by atoms with Crippen LogP contribution in [0.15, 0.2) is 67.0 Å². The first kappa shape index (κ1) is 15.8. The number of carbonyl (C=O) groups excluding carboxylic acids is 1. The number of nitrogens with zero attached hydrogens (tertiary/aromatic N) is 1. The Morgan fingerprint density at radius 2 is 1.28 bits per heavy atom. The molecule has 0 atom stereocenters. The van der Waals surface area contributed by atoms with Crippen LogP contribution in [0.5, 0.6) is 0 Å². The third-order valence-corrected chi connectivity index (χ3v) is 1.58. The third kappa shape index (κ3) is 13.8. The highest BCUT2D eigenvalue weighted by atomic mass is 16.5. The van der Waals surface area contributed by atoms with Gasteiger partial charge in [-0.15, -0.1) is 0 Å². The van der Waals surface area contributed by atoms with Crippen molar-refractivity contribution in [2.45, 2.75) is 13.8 Å². The fourth-order valence-corrected chi connectivity index (χ4v) is 0.901. The molecule has 3 heteroatoms. The molecule has 0 spiro atoms. The molecule has 0 aliphatic heterocycles. The van der Waals surface area contributed by atoms with Crippen molar-refractivity contribution in [1.29, 1.82) is 0 Å². The zero-order chi connectivity index (χ0) is 13.5. The van der Waals surface area contributed by atoms with Gasteiger partial charge < -0.3 is 4.74 Å². The molecular weight excluding hydrogens is 226 g/mol.